The fourth-order valence-corrected chi connectivity index (χ4v) is 3.41. The highest BCUT2D eigenvalue weighted by molar-refractivity contribution is 6.32. The number of carbonyl (C=O) groups is 1. The Hall–Kier alpha value is -1.95. The molecule has 6 nitrogen and oxygen atoms in total. The van der Waals surface area contributed by atoms with Crippen LogP contribution in [0.1, 0.15) is 45.2 Å². The van der Waals surface area contributed by atoms with Crippen molar-refractivity contribution in [2.75, 3.05) is 13.1 Å². The molecule has 136 valence electrons. The molecule has 0 saturated carbocycles. The normalized spacial score (nSPS) is 16.4. The molecule has 1 aromatic heterocycles. The number of benzene rings is 1. The van der Waals surface area contributed by atoms with Gasteiger partial charge in [-0.05, 0) is 58.2 Å². The Kier molecular flexibility index (Phi) is 4.58. The minimum absolute atomic E-state index is 0.0560. The van der Waals surface area contributed by atoms with Gasteiger partial charge >= 0.3 is 11.8 Å². The molecule has 2 heterocycles. The highest BCUT2D eigenvalue weighted by Crippen LogP contribution is 2.28. The predicted molar refractivity (Wildman–Crippen MR) is 98.4 cm³/mol. The first kappa shape index (κ1) is 17.9. The molecule has 25 heavy (non-hydrogen) atoms. The van der Waals surface area contributed by atoms with Gasteiger partial charge in [-0.1, -0.05) is 11.6 Å². The molecule has 3 rings (SSSR count). The van der Waals surface area contributed by atoms with Crippen LogP contribution in [0.15, 0.2) is 16.9 Å². The number of aromatic amines is 1. The summed E-state index contributed by atoms with van der Waals surface area (Å²) in [6, 6.07) is 3.79. The first-order valence-corrected chi connectivity index (χ1v) is 8.92. The van der Waals surface area contributed by atoms with Crippen LogP contribution in [0.25, 0.3) is 11.0 Å². The van der Waals surface area contributed by atoms with Gasteiger partial charge < -0.3 is 14.6 Å². The number of piperidine rings is 1. The van der Waals surface area contributed by atoms with Gasteiger partial charge in [-0.25, -0.2) is 9.59 Å². The van der Waals surface area contributed by atoms with E-state index in [2.05, 4.69) is 4.98 Å². The first-order chi connectivity index (χ1) is 11.7. The molecule has 0 aliphatic carbocycles. The zero-order chi connectivity index (χ0) is 18.4. The number of imidazole rings is 1. The van der Waals surface area contributed by atoms with Crippen molar-refractivity contribution >= 4 is 28.7 Å². The van der Waals surface area contributed by atoms with Crippen molar-refractivity contribution in [1.82, 2.24) is 14.5 Å². The molecule has 0 radical (unpaired) electrons. The molecular formula is C18H24ClN3O3. The molecule has 0 spiro atoms. The number of amides is 1. The number of hydrogen-bond acceptors (Lipinski definition) is 3. The summed E-state index contributed by atoms with van der Waals surface area (Å²) in [7, 11) is 0. The number of ether oxygens (including phenoxy) is 1. The van der Waals surface area contributed by atoms with Crippen LogP contribution in [0, 0.1) is 6.92 Å². The minimum atomic E-state index is -0.501. The summed E-state index contributed by atoms with van der Waals surface area (Å²) in [5, 5.41) is 0.639. The van der Waals surface area contributed by atoms with Gasteiger partial charge in [-0.3, -0.25) is 4.57 Å². The molecule has 1 amide bonds. The van der Waals surface area contributed by atoms with E-state index in [4.69, 9.17) is 16.3 Å². The van der Waals surface area contributed by atoms with Crippen LogP contribution in [0.5, 0.6) is 0 Å². The number of aryl methyl sites for hydroxylation is 1. The molecule has 1 aliphatic heterocycles. The van der Waals surface area contributed by atoms with Crippen LogP contribution in [-0.4, -0.2) is 39.2 Å². The van der Waals surface area contributed by atoms with Crippen molar-refractivity contribution in [2.24, 2.45) is 0 Å². The van der Waals surface area contributed by atoms with E-state index in [0.717, 1.165) is 16.6 Å². The summed E-state index contributed by atoms with van der Waals surface area (Å²) in [4.78, 5) is 29.2. The average Bonchev–Trinajstić information content (AvgIpc) is 2.81. The number of rotatable bonds is 1. The van der Waals surface area contributed by atoms with E-state index in [1.807, 2.05) is 33.8 Å². The maximum absolute atomic E-state index is 12.4. The van der Waals surface area contributed by atoms with Crippen LogP contribution >= 0.6 is 11.6 Å². The van der Waals surface area contributed by atoms with Crippen molar-refractivity contribution in [3.8, 4) is 0 Å². The van der Waals surface area contributed by atoms with E-state index < -0.39 is 5.60 Å². The third-order valence-electron chi connectivity index (χ3n) is 4.48. The van der Waals surface area contributed by atoms with Crippen LogP contribution in [0.2, 0.25) is 5.02 Å². The number of halogens is 1. The molecule has 0 bridgehead atoms. The number of fused-ring (bicyclic) bond motifs is 1. The zero-order valence-corrected chi connectivity index (χ0v) is 15.8. The molecule has 2 aromatic rings. The Morgan fingerprint density at radius 3 is 2.52 bits per heavy atom. The standard InChI is InChI=1S/C18H24ClN3O3/c1-11-9-15-14(10-13(11)19)20-16(23)22(15)12-5-7-21(8-6-12)17(24)25-18(2,3)4/h9-10,12H,5-8H2,1-4H3,(H,20,23). The maximum Gasteiger partial charge on any atom is 0.410 e. The first-order valence-electron chi connectivity index (χ1n) is 8.54. The lowest BCUT2D eigenvalue weighted by Gasteiger charge is -2.33. The van der Waals surface area contributed by atoms with Gasteiger partial charge in [0.15, 0.2) is 0 Å². The van der Waals surface area contributed by atoms with Crippen molar-refractivity contribution in [2.45, 2.75) is 52.2 Å². The van der Waals surface area contributed by atoms with Crippen molar-refractivity contribution in [1.29, 1.82) is 0 Å². The van der Waals surface area contributed by atoms with Crippen LogP contribution in [0.4, 0.5) is 4.79 Å². The lowest BCUT2D eigenvalue weighted by molar-refractivity contribution is 0.0189. The SMILES string of the molecule is Cc1cc2c(cc1Cl)[nH]c(=O)n2C1CCN(C(=O)OC(C)(C)C)CC1. The second kappa shape index (κ2) is 6.41. The van der Waals surface area contributed by atoms with E-state index in [1.165, 1.54) is 0 Å². The molecular weight excluding hydrogens is 342 g/mol. The van der Waals surface area contributed by atoms with Crippen molar-refractivity contribution < 1.29 is 9.53 Å². The molecule has 0 unspecified atom stereocenters. The largest absolute Gasteiger partial charge is 0.444 e. The van der Waals surface area contributed by atoms with Gasteiger partial charge in [0.1, 0.15) is 5.60 Å². The van der Waals surface area contributed by atoms with Gasteiger partial charge in [-0.2, -0.15) is 0 Å². The third kappa shape index (κ3) is 3.68. The lowest BCUT2D eigenvalue weighted by atomic mass is 10.0. The van der Waals surface area contributed by atoms with Crippen LogP contribution in [0.3, 0.4) is 0 Å². The summed E-state index contributed by atoms with van der Waals surface area (Å²) in [5.74, 6) is 0. The Bertz CT molecular complexity index is 855. The average molecular weight is 366 g/mol. The van der Waals surface area contributed by atoms with Gasteiger partial charge in [0.25, 0.3) is 0 Å². The van der Waals surface area contributed by atoms with E-state index in [1.54, 1.807) is 15.5 Å². The Morgan fingerprint density at radius 1 is 1.28 bits per heavy atom. The third-order valence-corrected chi connectivity index (χ3v) is 4.89. The van der Waals surface area contributed by atoms with Gasteiger partial charge in [-0.15, -0.1) is 0 Å². The van der Waals surface area contributed by atoms with Crippen molar-refractivity contribution in [3.63, 3.8) is 0 Å². The molecule has 1 N–H and O–H groups in total. The molecule has 1 fully saturated rings. The van der Waals surface area contributed by atoms with Gasteiger partial charge in [0.05, 0.1) is 11.0 Å². The van der Waals surface area contributed by atoms with Crippen LogP contribution in [-0.2, 0) is 4.74 Å². The molecule has 1 aliphatic rings. The number of H-pyrrole nitrogens is 1. The summed E-state index contributed by atoms with van der Waals surface area (Å²) in [5.41, 5.74) is 1.91. The fraction of sp³-hybridized carbons (Fsp3) is 0.556. The topological polar surface area (TPSA) is 67.3 Å². The number of carbonyl (C=O) groups excluding carboxylic acids is 1. The Morgan fingerprint density at radius 2 is 1.92 bits per heavy atom. The number of hydrogen-bond donors (Lipinski definition) is 1. The summed E-state index contributed by atoms with van der Waals surface area (Å²) >= 11 is 6.15. The van der Waals surface area contributed by atoms with E-state index in [-0.39, 0.29) is 17.8 Å². The van der Waals surface area contributed by atoms with Gasteiger partial charge in [0, 0.05) is 24.2 Å². The quantitative estimate of drug-likeness (QED) is 0.834. The summed E-state index contributed by atoms with van der Waals surface area (Å²) in [6.07, 6.45) is 1.14. The Balaban J connectivity index is 1.79. The van der Waals surface area contributed by atoms with E-state index >= 15 is 0 Å². The number of nitrogens with one attached hydrogen (secondary N) is 1. The smallest absolute Gasteiger partial charge is 0.410 e. The number of aromatic nitrogens is 2. The second-order valence-electron chi connectivity index (χ2n) is 7.62. The molecule has 0 atom stereocenters. The monoisotopic (exact) mass is 365 g/mol. The molecule has 1 aromatic carbocycles. The predicted octanol–water partition coefficient (Wildman–Crippen LogP) is 3.86. The molecule has 1 saturated heterocycles. The minimum Gasteiger partial charge on any atom is -0.444 e. The summed E-state index contributed by atoms with van der Waals surface area (Å²) < 4.78 is 7.22. The lowest BCUT2D eigenvalue weighted by Crippen LogP contribution is -2.43. The van der Waals surface area contributed by atoms with E-state index in [9.17, 15) is 9.59 Å². The highest BCUT2D eigenvalue weighted by atomic mass is 35.5. The zero-order valence-electron chi connectivity index (χ0n) is 15.1. The molecule has 7 heteroatoms. The second-order valence-corrected chi connectivity index (χ2v) is 8.02. The summed E-state index contributed by atoms with van der Waals surface area (Å²) in [6.45, 7) is 8.65. The Labute approximate surface area is 151 Å². The number of nitrogens with zero attached hydrogens (tertiary/aromatic N) is 2. The highest BCUT2D eigenvalue weighted by Gasteiger charge is 2.29. The number of likely N-dealkylation sites (tertiary alicyclic amines) is 1. The van der Waals surface area contributed by atoms with E-state index in [0.29, 0.717) is 31.0 Å². The van der Waals surface area contributed by atoms with Crippen LogP contribution < -0.4 is 5.69 Å². The maximum atomic E-state index is 12.4. The van der Waals surface area contributed by atoms with Crippen molar-refractivity contribution in [3.05, 3.63) is 33.2 Å². The fourth-order valence-electron chi connectivity index (χ4n) is 3.25. The van der Waals surface area contributed by atoms with Gasteiger partial charge in [0.2, 0.25) is 0 Å².